The van der Waals surface area contributed by atoms with Crippen molar-refractivity contribution in [2.45, 2.75) is 6.42 Å². The summed E-state index contributed by atoms with van der Waals surface area (Å²) in [5.41, 5.74) is 1.71. The predicted molar refractivity (Wildman–Crippen MR) is 72.2 cm³/mol. The van der Waals surface area contributed by atoms with Crippen molar-refractivity contribution < 1.29 is 9.59 Å². The lowest BCUT2D eigenvalue weighted by atomic mass is 10.1. The van der Waals surface area contributed by atoms with Crippen LogP contribution in [0.1, 0.15) is 6.42 Å². The molecule has 19 heavy (non-hydrogen) atoms. The summed E-state index contributed by atoms with van der Waals surface area (Å²) < 4.78 is 8.21. The van der Waals surface area contributed by atoms with Gasteiger partial charge in [0, 0.05) is 13.0 Å². The van der Waals surface area contributed by atoms with Crippen molar-refractivity contribution in [3.05, 3.63) is 17.2 Å². The minimum Gasteiger partial charge on any atom is -0.355 e. The van der Waals surface area contributed by atoms with E-state index in [2.05, 4.69) is 19.4 Å². The third kappa shape index (κ3) is 2.26. The summed E-state index contributed by atoms with van der Waals surface area (Å²) in [6.45, 7) is 0.355. The van der Waals surface area contributed by atoms with E-state index in [1.54, 1.807) is 12.1 Å². The molecule has 0 bridgehead atoms. The van der Waals surface area contributed by atoms with Crippen molar-refractivity contribution in [1.29, 1.82) is 0 Å². The van der Waals surface area contributed by atoms with Crippen molar-refractivity contribution in [3.8, 4) is 0 Å². The molecular formula is C11H9ClN4O2S. The van der Waals surface area contributed by atoms with E-state index in [1.165, 1.54) is 0 Å². The Balaban J connectivity index is 1.88. The Labute approximate surface area is 117 Å². The molecule has 1 aliphatic rings. The van der Waals surface area contributed by atoms with Gasteiger partial charge in [-0.25, -0.2) is 0 Å². The maximum Gasteiger partial charge on any atom is 0.229 e. The number of anilines is 1. The molecule has 1 aromatic carbocycles. The van der Waals surface area contributed by atoms with E-state index < -0.39 is 0 Å². The van der Waals surface area contributed by atoms with Gasteiger partial charge in [-0.3, -0.25) is 9.59 Å². The predicted octanol–water partition coefficient (Wildman–Crippen LogP) is 1.42. The van der Waals surface area contributed by atoms with Crippen LogP contribution in [0.15, 0.2) is 12.1 Å². The Bertz CT molecular complexity index is 672. The molecule has 1 aliphatic heterocycles. The standard InChI is InChI=1S/C11H9ClN4O2S/c12-6-1-2-7-10(16-19-15-7)9(6)14-11(18)5-3-8(17)13-4-5/h1-2,5H,3-4H2,(H,13,17)(H,14,18). The van der Waals surface area contributed by atoms with E-state index in [9.17, 15) is 9.59 Å². The van der Waals surface area contributed by atoms with Crippen molar-refractivity contribution in [2.24, 2.45) is 5.92 Å². The monoisotopic (exact) mass is 296 g/mol. The largest absolute Gasteiger partial charge is 0.355 e. The molecule has 1 saturated heterocycles. The molecule has 3 rings (SSSR count). The smallest absolute Gasteiger partial charge is 0.229 e. The summed E-state index contributed by atoms with van der Waals surface area (Å²) >= 11 is 7.14. The summed E-state index contributed by atoms with van der Waals surface area (Å²) in [6.07, 6.45) is 0.203. The summed E-state index contributed by atoms with van der Waals surface area (Å²) in [6, 6.07) is 3.41. The van der Waals surface area contributed by atoms with E-state index in [1.807, 2.05) is 0 Å². The van der Waals surface area contributed by atoms with Crippen molar-refractivity contribution in [1.82, 2.24) is 14.1 Å². The van der Waals surface area contributed by atoms with E-state index in [-0.39, 0.29) is 24.2 Å². The van der Waals surface area contributed by atoms with Gasteiger partial charge in [0.05, 0.1) is 28.4 Å². The molecule has 1 aromatic heterocycles. The van der Waals surface area contributed by atoms with E-state index in [4.69, 9.17) is 11.6 Å². The van der Waals surface area contributed by atoms with Gasteiger partial charge in [-0.1, -0.05) is 11.6 Å². The molecular weight excluding hydrogens is 288 g/mol. The van der Waals surface area contributed by atoms with Crippen LogP contribution in [0.3, 0.4) is 0 Å². The Morgan fingerprint density at radius 3 is 3.05 bits per heavy atom. The van der Waals surface area contributed by atoms with Gasteiger partial charge in [0.15, 0.2) is 0 Å². The average molecular weight is 297 g/mol. The third-order valence-corrected chi connectivity index (χ3v) is 3.83. The summed E-state index contributed by atoms with van der Waals surface area (Å²) in [7, 11) is 0. The van der Waals surface area contributed by atoms with Gasteiger partial charge in [0.2, 0.25) is 11.8 Å². The first-order chi connectivity index (χ1) is 9.15. The van der Waals surface area contributed by atoms with Crippen LogP contribution in [0.25, 0.3) is 11.0 Å². The zero-order valence-corrected chi connectivity index (χ0v) is 11.2. The van der Waals surface area contributed by atoms with Crippen LogP contribution in [-0.4, -0.2) is 27.1 Å². The molecule has 0 saturated carbocycles. The lowest BCUT2D eigenvalue weighted by molar-refractivity contribution is -0.123. The Hall–Kier alpha value is -1.73. The average Bonchev–Trinajstić information content (AvgIpc) is 3.01. The van der Waals surface area contributed by atoms with Gasteiger partial charge in [-0.15, -0.1) is 0 Å². The van der Waals surface area contributed by atoms with Gasteiger partial charge >= 0.3 is 0 Å². The van der Waals surface area contributed by atoms with E-state index in [0.29, 0.717) is 28.3 Å². The molecule has 1 unspecified atom stereocenters. The fraction of sp³-hybridized carbons (Fsp3) is 0.273. The van der Waals surface area contributed by atoms with Crippen molar-refractivity contribution >= 4 is 51.9 Å². The van der Waals surface area contributed by atoms with Gasteiger partial charge in [-0.2, -0.15) is 8.75 Å². The molecule has 0 radical (unpaired) electrons. The number of hydrogen-bond donors (Lipinski definition) is 2. The molecule has 2 N–H and O–H groups in total. The molecule has 0 aliphatic carbocycles. The molecule has 2 heterocycles. The number of fused-ring (bicyclic) bond motifs is 1. The van der Waals surface area contributed by atoms with Gasteiger partial charge < -0.3 is 10.6 Å². The third-order valence-electron chi connectivity index (χ3n) is 2.97. The number of carbonyl (C=O) groups is 2. The quantitative estimate of drug-likeness (QED) is 0.878. The molecule has 6 nitrogen and oxygen atoms in total. The number of nitrogens with zero attached hydrogens (tertiary/aromatic N) is 2. The van der Waals surface area contributed by atoms with Crippen LogP contribution < -0.4 is 10.6 Å². The van der Waals surface area contributed by atoms with E-state index in [0.717, 1.165) is 11.7 Å². The molecule has 0 spiro atoms. The second kappa shape index (κ2) is 4.75. The topological polar surface area (TPSA) is 84.0 Å². The second-order valence-electron chi connectivity index (χ2n) is 4.25. The first-order valence-corrected chi connectivity index (χ1v) is 6.74. The number of halogens is 1. The number of amides is 2. The zero-order chi connectivity index (χ0) is 13.4. The number of aromatic nitrogens is 2. The molecule has 1 atom stereocenters. The number of nitrogens with one attached hydrogen (secondary N) is 2. The fourth-order valence-electron chi connectivity index (χ4n) is 1.96. The number of hydrogen-bond acceptors (Lipinski definition) is 5. The minimum atomic E-state index is -0.370. The van der Waals surface area contributed by atoms with Crippen LogP contribution in [0.4, 0.5) is 5.69 Å². The van der Waals surface area contributed by atoms with Crippen LogP contribution in [0.2, 0.25) is 5.02 Å². The van der Waals surface area contributed by atoms with Crippen LogP contribution in [0.5, 0.6) is 0 Å². The summed E-state index contributed by atoms with van der Waals surface area (Å²) in [5, 5.41) is 5.78. The minimum absolute atomic E-state index is 0.111. The number of benzene rings is 1. The first-order valence-electron chi connectivity index (χ1n) is 5.63. The maximum atomic E-state index is 12.1. The van der Waals surface area contributed by atoms with Crippen molar-refractivity contribution in [2.75, 3.05) is 11.9 Å². The van der Waals surface area contributed by atoms with Crippen molar-refractivity contribution in [3.63, 3.8) is 0 Å². The van der Waals surface area contributed by atoms with Gasteiger partial charge in [-0.05, 0) is 12.1 Å². The second-order valence-corrected chi connectivity index (χ2v) is 5.18. The van der Waals surface area contributed by atoms with Gasteiger partial charge in [0.1, 0.15) is 11.0 Å². The lowest BCUT2D eigenvalue weighted by Crippen LogP contribution is -2.24. The highest BCUT2D eigenvalue weighted by atomic mass is 35.5. The zero-order valence-electron chi connectivity index (χ0n) is 9.64. The molecule has 8 heteroatoms. The summed E-state index contributed by atoms with van der Waals surface area (Å²) in [5.74, 6) is -0.717. The highest BCUT2D eigenvalue weighted by molar-refractivity contribution is 7.00. The summed E-state index contributed by atoms with van der Waals surface area (Å²) in [4.78, 5) is 23.2. The fourth-order valence-corrected chi connectivity index (χ4v) is 2.70. The van der Waals surface area contributed by atoms with Crippen LogP contribution in [-0.2, 0) is 9.59 Å². The Kier molecular flexibility index (Phi) is 3.08. The molecule has 98 valence electrons. The normalized spacial score (nSPS) is 18.6. The number of rotatable bonds is 2. The SMILES string of the molecule is O=C1CC(C(=O)Nc2c(Cl)ccc3nsnc23)CN1. The first kappa shape index (κ1) is 12.3. The highest BCUT2D eigenvalue weighted by Crippen LogP contribution is 2.30. The van der Waals surface area contributed by atoms with Gasteiger partial charge in [0.25, 0.3) is 0 Å². The van der Waals surface area contributed by atoms with Crippen LogP contribution in [0, 0.1) is 5.92 Å². The number of carbonyl (C=O) groups excluding carboxylic acids is 2. The highest BCUT2D eigenvalue weighted by Gasteiger charge is 2.28. The Morgan fingerprint density at radius 1 is 1.47 bits per heavy atom. The van der Waals surface area contributed by atoms with E-state index >= 15 is 0 Å². The molecule has 1 fully saturated rings. The maximum absolute atomic E-state index is 12.1. The van der Waals surface area contributed by atoms with Crippen LogP contribution >= 0.6 is 23.3 Å². The Morgan fingerprint density at radius 2 is 2.32 bits per heavy atom. The molecule has 2 amide bonds. The molecule has 2 aromatic rings. The lowest BCUT2D eigenvalue weighted by Gasteiger charge is -2.10.